The molecule has 1 aromatic rings. The lowest BCUT2D eigenvalue weighted by molar-refractivity contribution is -0.118. The summed E-state index contributed by atoms with van der Waals surface area (Å²) >= 11 is 0. The summed E-state index contributed by atoms with van der Waals surface area (Å²) in [6.07, 6.45) is 0.468. The number of carbonyl (C=O) groups excluding carboxylic acids is 1. The molecule has 1 atom stereocenters. The van der Waals surface area contributed by atoms with Crippen molar-refractivity contribution in [3.05, 3.63) is 29.6 Å². The van der Waals surface area contributed by atoms with E-state index < -0.39 is 11.9 Å². The number of hydrogen-bond donors (Lipinski definition) is 1. The fourth-order valence-electron chi connectivity index (χ4n) is 1.75. The zero-order valence-electron chi connectivity index (χ0n) is 8.42. The third kappa shape index (κ3) is 1.85. The van der Waals surface area contributed by atoms with Gasteiger partial charge in [0.15, 0.2) is 5.78 Å². The molecule has 1 saturated heterocycles. The van der Waals surface area contributed by atoms with Crippen LogP contribution in [0.25, 0.3) is 0 Å². The Morgan fingerprint density at radius 1 is 1.53 bits per heavy atom. The summed E-state index contributed by atoms with van der Waals surface area (Å²) in [6.45, 7) is 0.620. The highest BCUT2D eigenvalue weighted by Gasteiger charge is 2.27. The molecule has 1 aliphatic heterocycles. The van der Waals surface area contributed by atoms with E-state index in [9.17, 15) is 9.18 Å². The predicted octanol–water partition coefficient (Wildman–Crippen LogP) is 1.44. The quantitative estimate of drug-likeness (QED) is 0.800. The Bertz CT molecular complexity index is 392. The van der Waals surface area contributed by atoms with E-state index in [4.69, 9.17) is 4.74 Å². The molecule has 1 aromatic carbocycles. The number of halogens is 1. The van der Waals surface area contributed by atoms with Crippen molar-refractivity contribution in [1.82, 2.24) is 5.32 Å². The van der Waals surface area contributed by atoms with Crippen molar-refractivity contribution in [3.63, 3.8) is 0 Å². The van der Waals surface area contributed by atoms with Gasteiger partial charge in [0.1, 0.15) is 11.6 Å². The van der Waals surface area contributed by atoms with Crippen LogP contribution in [0.1, 0.15) is 18.0 Å². The van der Waals surface area contributed by atoms with Crippen molar-refractivity contribution in [2.75, 3.05) is 13.7 Å². The number of methoxy groups -OCH3 is 1. The first-order chi connectivity index (χ1) is 7.22. The van der Waals surface area contributed by atoms with Gasteiger partial charge >= 0.3 is 0 Å². The van der Waals surface area contributed by atoms with Gasteiger partial charge in [0.2, 0.25) is 0 Å². The molecule has 1 aliphatic rings. The molecule has 0 spiro atoms. The summed E-state index contributed by atoms with van der Waals surface area (Å²) < 4.78 is 18.5. The minimum atomic E-state index is -0.490. The van der Waals surface area contributed by atoms with Crippen molar-refractivity contribution < 1.29 is 13.9 Å². The lowest BCUT2D eigenvalue weighted by Gasteiger charge is -2.11. The highest BCUT2D eigenvalue weighted by Crippen LogP contribution is 2.25. The molecule has 2 rings (SSSR count). The zero-order chi connectivity index (χ0) is 10.8. The van der Waals surface area contributed by atoms with Crippen LogP contribution in [0.15, 0.2) is 18.2 Å². The van der Waals surface area contributed by atoms with Gasteiger partial charge in [-0.3, -0.25) is 4.79 Å². The molecular formula is C11H12FNO2. The van der Waals surface area contributed by atoms with Crippen LogP contribution >= 0.6 is 0 Å². The van der Waals surface area contributed by atoms with Crippen LogP contribution in [0.4, 0.5) is 4.39 Å². The summed E-state index contributed by atoms with van der Waals surface area (Å²) in [7, 11) is 1.48. The highest BCUT2D eigenvalue weighted by molar-refractivity contribution is 5.87. The predicted molar refractivity (Wildman–Crippen MR) is 53.3 cm³/mol. The molecule has 0 radical (unpaired) electrons. The lowest BCUT2D eigenvalue weighted by Crippen LogP contribution is -2.18. The van der Waals surface area contributed by atoms with Gasteiger partial charge < -0.3 is 10.1 Å². The van der Waals surface area contributed by atoms with Crippen LogP contribution in [0.5, 0.6) is 5.75 Å². The minimum absolute atomic E-state index is 0.0408. The largest absolute Gasteiger partial charge is 0.497 e. The number of nitrogens with one attached hydrogen (secondary N) is 1. The Kier molecular flexibility index (Phi) is 2.68. The summed E-state index contributed by atoms with van der Waals surface area (Å²) in [4.78, 5) is 11.4. The van der Waals surface area contributed by atoms with Crippen LogP contribution in [0, 0.1) is 5.82 Å². The van der Waals surface area contributed by atoms with Crippen LogP contribution in [0.2, 0.25) is 0 Å². The standard InChI is InChI=1S/C11H12FNO2/c1-15-7-2-3-8(9(12)6-7)11-10(14)4-5-13-11/h2-3,6,11,13H,4-5H2,1H3. The number of benzene rings is 1. The lowest BCUT2D eigenvalue weighted by atomic mass is 10.0. The highest BCUT2D eigenvalue weighted by atomic mass is 19.1. The Morgan fingerprint density at radius 2 is 2.33 bits per heavy atom. The number of ketones is 1. The summed E-state index contributed by atoms with van der Waals surface area (Å²) in [5, 5.41) is 2.97. The molecule has 4 heteroatoms. The van der Waals surface area contributed by atoms with E-state index in [-0.39, 0.29) is 5.78 Å². The van der Waals surface area contributed by atoms with Crippen LogP contribution in [-0.2, 0) is 4.79 Å². The maximum Gasteiger partial charge on any atom is 0.155 e. The van der Waals surface area contributed by atoms with Gasteiger partial charge in [-0.15, -0.1) is 0 Å². The second-order valence-corrected chi connectivity index (χ2v) is 3.49. The first-order valence-corrected chi connectivity index (χ1v) is 4.82. The Hall–Kier alpha value is -1.42. The van der Waals surface area contributed by atoms with Crippen molar-refractivity contribution in [3.8, 4) is 5.75 Å². The molecule has 1 unspecified atom stereocenters. The average molecular weight is 209 g/mol. The molecule has 0 saturated carbocycles. The van der Waals surface area contributed by atoms with E-state index in [0.717, 1.165) is 0 Å². The van der Waals surface area contributed by atoms with E-state index in [0.29, 0.717) is 24.3 Å². The fourth-order valence-corrected chi connectivity index (χ4v) is 1.75. The molecule has 1 fully saturated rings. The van der Waals surface area contributed by atoms with E-state index in [1.54, 1.807) is 12.1 Å². The summed E-state index contributed by atoms with van der Waals surface area (Å²) in [6, 6.07) is 4.06. The van der Waals surface area contributed by atoms with Gasteiger partial charge in [-0.2, -0.15) is 0 Å². The van der Waals surface area contributed by atoms with Gasteiger partial charge in [0.05, 0.1) is 13.2 Å². The maximum absolute atomic E-state index is 13.6. The smallest absolute Gasteiger partial charge is 0.155 e. The van der Waals surface area contributed by atoms with Crippen molar-refractivity contribution in [1.29, 1.82) is 0 Å². The van der Waals surface area contributed by atoms with Gasteiger partial charge in [-0.05, 0) is 6.07 Å². The number of carbonyl (C=O) groups is 1. The van der Waals surface area contributed by atoms with Crippen molar-refractivity contribution in [2.24, 2.45) is 0 Å². The van der Waals surface area contributed by atoms with Crippen LogP contribution < -0.4 is 10.1 Å². The Labute approximate surface area is 87.2 Å². The normalized spacial score (nSPS) is 20.7. The molecule has 1 heterocycles. The van der Waals surface area contributed by atoms with Crippen molar-refractivity contribution in [2.45, 2.75) is 12.5 Å². The summed E-state index contributed by atoms with van der Waals surface area (Å²) in [5.41, 5.74) is 0.401. The zero-order valence-corrected chi connectivity index (χ0v) is 8.42. The fraction of sp³-hybridized carbons (Fsp3) is 0.364. The average Bonchev–Trinajstić information content (AvgIpc) is 2.64. The third-order valence-corrected chi connectivity index (χ3v) is 2.56. The Balaban J connectivity index is 2.32. The number of rotatable bonds is 2. The van der Waals surface area contributed by atoms with Crippen molar-refractivity contribution >= 4 is 5.78 Å². The molecule has 15 heavy (non-hydrogen) atoms. The molecular weight excluding hydrogens is 197 g/mol. The molecule has 0 bridgehead atoms. The number of Topliss-reactive ketones (excluding diaryl/α,β-unsaturated/α-hetero) is 1. The molecule has 1 N–H and O–H groups in total. The molecule has 3 nitrogen and oxygen atoms in total. The second-order valence-electron chi connectivity index (χ2n) is 3.49. The minimum Gasteiger partial charge on any atom is -0.497 e. The first kappa shape index (κ1) is 10.1. The Morgan fingerprint density at radius 3 is 2.87 bits per heavy atom. The third-order valence-electron chi connectivity index (χ3n) is 2.56. The second kappa shape index (κ2) is 3.98. The maximum atomic E-state index is 13.6. The van der Waals surface area contributed by atoms with Gasteiger partial charge in [0.25, 0.3) is 0 Å². The van der Waals surface area contributed by atoms with E-state index >= 15 is 0 Å². The van der Waals surface area contributed by atoms with Gasteiger partial charge in [-0.25, -0.2) is 4.39 Å². The summed E-state index contributed by atoms with van der Waals surface area (Å²) in [5.74, 6) is 0.0999. The van der Waals surface area contributed by atoms with Crippen LogP contribution in [-0.4, -0.2) is 19.4 Å². The molecule has 0 amide bonds. The number of hydrogen-bond acceptors (Lipinski definition) is 3. The van der Waals surface area contributed by atoms with E-state index in [1.165, 1.54) is 13.2 Å². The molecule has 0 aliphatic carbocycles. The van der Waals surface area contributed by atoms with E-state index in [2.05, 4.69) is 5.32 Å². The topological polar surface area (TPSA) is 38.3 Å². The molecule has 80 valence electrons. The van der Waals surface area contributed by atoms with Crippen LogP contribution in [0.3, 0.4) is 0 Å². The SMILES string of the molecule is COc1ccc(C2NCCC2=O)c(F)c1. The van der Waals surface area contributed by atoms with Gasteiger partial charge in [-0.1, -0.05) is 6.07 Å². The van der Waals surface area contributed by atoms with E-state index in [1.807, 2.05) is 0 Å². The number of ether oxygens (including phenoxy) is 1. The monoisotopic (exact) mass is 209 g/mol. The molecule has 0 aromatic heterocycles. The first-order valence-electron chi connectivity index (χ1n) is 4.82. The van der Waals surface area contributed by atoms with Gasteiger partial charge in [0, 0.05) is 24.6 Å².